The normalized spacial score (nSPS) is 40.5. The van der Waals surface area contributed by atoms with Gasteiger partial charge in [0.2, 0.25) is 30.0 Å². The van der Waals surface area contributed by atoms with Gasteiger partial charge in [0.05, 0.1) is 24.9 Å². The van der Waals surface area contributed by atoms with Crippen LogP contribution in [0.2, 0.25) is 0 Å². The van der Waals surface area contributed by atoms with Crippen LogP contribution in [-0.4, -0.2) is 218 Å². The average molecular weight is 921 g/mol. The number of hydrogen-bond donors (Lipinski definition) is 16. The first-order valence-corrected chi connectivity index (χ1v) is 19.6. The van der Waals surface area contributed by atoms with Gasteiger partial charge in [0, 0.05) is 18.2 Å². The molecule has 3 aromatic rings. The van der Waals surface area contributed by atoms with Crippen LogP contribution >= 0.6 is 0 Å². The molecule has 16 N–H and O–H groups in total. The number of phenols is 2. The topological polar surface area (TPSA) is 428 Å². The zero-order valence-corrected chi connectivity index (χ0v) is 33.1. The number of aliphatic hydroxyl groups is 14. The fourth-order valence-corrected chi connectivity index (χ4v) is 7.40. The molecule has 7 rings (SSSR count). The van der Waals surface area contributed by atoms with Crippen molar-refractivity contribution in [1.82, 2.24) is 0 Å². The fraction of sp³-hybridized carbons (Fsp3) is 0.605. The predicted molar refractivity (Wildman–Crippen MR) is 201 cm³/mol. The first-order chi connectivity index (χ1) is 30.2. The molecule has 20 atom stereocenters. The summed E-state index contributed by atoms with van der Waals surface area (Å²) in [6, 6.07) is 4.80. The Kier molecular flexibility index (Phi) is 14.2. The lowest BCUT2D eigenvalue weighted by Gasteiger charge is -2.44. The highest BCUT2D eigenvalue weighted by Gasteiger charge is 2.51. The summed E-state index contributed by atoms with van der Waals surface area (Å²) in [4.78, 5) is 14.5. The van der Waals surface area contributed by atoms with E-state index < -0.39 is 187 Å². The van der Waals surface area contributed by atoms with Crippen molar-refractivity contribution in [3.63, 3.8) is 0 Å². The Morgan fingerprint density at radius 2 is 1.05 bits per heavy atom. The Labute approximate surface area is 358 Å². The molecule has 0 radical (unpaired) electrons. The van der Waals surface area contributed by atoms with E-state index in [1.807, 2.05) is 0 Å². The summed E-state index contributed by atoms with van der Waals surface area (Å²) < 4.78 is 50.7. The first kappa shape index (κ1) is 47.8. The number of fused-ring (bicyclic) bond motifs is 1. The number of phenolic OH excluding ortho intramolecular Hbond substituents is 2. The second kappa shape index (κ2) is 19.0. The van der Waals surface area contributed by atoms with Crippen molar-refractivity contribution in [3.8, 4) is 40.1 Å². The maximum Gasteiger partial charge on any atom is 0.239 e. The lowest BCUT2D eigenvalue weighted by atomic mass is 9.99. The van der Waals surface area contributed by atoms with Crippen LogP contribution in [0, 0.1) is 0 Å². The van der Waals surface area contributed by atoms with Crippen molar-refractivity contribution in [2.24, 2.45) is 0 Å². The van der Waals surface area contributed by atoms with Crippen LogP contribution in [0.1, 0.15) is 6.92 Å². The zero-order valence-electron chi connectivity index (χ0n) is 33.1. The molecule has 0 spiro atoms. The molecular formula is C38H48O26. The van der Waals surface area contributed by atoms with Gasteiger partial charge in [-0.05, 0) is 19.1 Å². The number of rotatable bonds is 11. The van der Waals surface area contributed by atoms with E-state index in [1.165, 1.54) is 6.92 Å². The predicted octanol–water partition coefficient (Wildman–Crippen LogP) is -6.78. The summed E-state index contributed by atoms with van der Waals surface area (Å²) in [6.45, 7) is -0.368. The number of benzene rings is 2. The van der Waals surface area contributed by atoms with E-state index in [2.05, 4.69) is 0 Å². The number of aliphatic hydroxyl groups excluding tert-OH is 14. The van der Waals surface area contributed by atoms with Crippen LogP contribution in [0.4, 0.5) is 0 Å². The SMILES string of the molecule is C[C@@H]1O[C@@H](O[C@H]2O[C@@H](Oc3c(-c4ccc(O)cc4O[C@@H]4O[C@H](CO)[C@@H](O)[C@H](O)[C@H]4O)oc4cc(O[C@@H]5O[C@H](CO)[C@@H](O)[C@H](O)[C@H]5O)cc(O)c4c3=O)[C@H](O)[C@@H](O)[C@@H]2O)[C@H](O)[C@@H](O)[C@@H]1O. The maximum absolute atomic E-state index is 14.5. The van der Waals surface area contributed by atoms with Gasteiger partial charge < -0.3 is 124 Å². The minimum absolute atomic E-state index is 0.387. The second-order valence-electron chi connectivity index (χ2n) is 15.5. The molecule has 4 saturated heterocycles. The zero-order chi connectivity index (χ0) is 46.6. The molecule has 0 saturated carbocycles. The molecule has 0 aliphatic carbocycles. The third-order valence-corrected chi connectivity index (χ3v) is 11.1. The highest BCUT2D eigenvalue weighted by molar-refractivity contribution is 5.89. The minimum Gasteiger partial charge on any atom is -0.508 e. The summed E-state index contributed by atoms with van der Waals surface area (Å²) in [7, 11) is 0. The monoisotopic (exact) mass is 920 g/mol. The third kappa shape index (κ3) is 8.92. The molecule has 64 heavy (non-hydrogen) atoms. The van der Waals surface area contributed by atoms with Crippen molar-refractivity contribution in [2.75, 3.05) is 13.2 Å². The molecule has 2 aromatic carbocycles. The molecule has 0 bridgehead atoms. The average Bonchev–Trinajstić information content (AvgIpc) is 3.26. The number of aromatic hydroxyl groups is 2. The van der Waals surface area contributed by atoms with E-state index in [1.54, 1.807) is 0 Å². The van der Waals surface area contributed by atoms with Gasteiger partial charge in [-0.3, -0.25) is 4.79 Å². The molecule has 0 amide bonds. The van der Waals surface area contributed by atoms with Gasteiger partial charge in [-0.15, -0.1) is 0 Å². The fourth-order valence-electron chi connectivity index (χ4n) is 7.40. The van der Waals surface area contributed by atoms with E-state index in [9.17, 15) is 86.5 Å². The van der Waals surface area contributed by atoms with Crippen LogP contribution in [0.25, 0.3) is 22.3 Å². The summed E-state index contributed by atoms with van der Waals surface area (Å²) in [6.07, 6.45) is -37.1. The number of ether oxygens (including phenoxy) is 8. The van der Waals surface area contributed by atoms with Crippen molar-refractivity contribution in [2.45, 2.75) is 130 Å². The van der Waals surface area contributed by atoms with E-state index in [0.29, 0.717) is 0 Å². The standard InChI is InChI=1S/C38H48O26/c1-9-19(43)23(47)27(51)34(56-9)63-38-31(55)26(50)30(54)37(64-38)62-33-22(46)18-13(42)5-11(57-35-28(52)24(48)20(44)16(7-39)60-35)6-15(18)58-32(33)12-3-2-10(41)4-14(12)59-36-29(53)25(49)21(45)17(8-40)61-36/h2-6,9,16-17,19-21,23-31,34-45,47-55H,7-8H2,1H3/t9-,16+,17+,19+,20+,21+,23-,24-,25-,26+,27+,28+,29+,30+,31-,34-,35+,36+,37+,38-/m0/s1. The Hall–Kier alpha value is -4.11. The van der Waals surface area contributed by atoms with E-state index in [4.69, 9.17) is 42.3 Å². The van der Waals surface area contributed by atoms with E-state index in [0.717, 1.165) is 30.3 Å². The molecule has 26 nitrogen and oxygen atoms in total. The van der Waals surface area contributed by atoms with Crippen molar-refractivity contribution in [3.05, 3.63) is 40.6 Å². The van der Waals surface area contributed by atoms with Crippen LogP contribution in [0.15, 0.2) is 39.5 Å². The molecule has 1 aromatic heterocycles. The molecule has 4 aliphatic rings. The summed E-state index contributed by atoms with van der Waals surface area (Å²) >= 11 is 0. The van der Waals surface area contributed by atoms with E-state index in [-0.39, 0.29) is 5.56 Å². The van der Waals surface area contributed by atoms with Crippen LogP contribution in [-0.2, 0) is 23.7 Å². The quantitative estimate of drug-likeness (QED) is 0.0850. The smallest absolute Gasteiger partial charge is 0.239 e. The second-order valence-corrected chi connectivity index (χ2v) is 15.5. The molecule has 0 unspecified atom stereocenters. The highest BCUT2D eigenvalue weighted by atomic mass is 16.8. The van der Waals surface area contributed by atoms with Crippen molar-refractivity contribution in [1.29, 1.82) is 0 Å². The van der Waals surface area contributed by atoms with Gasteiger partial charge in [0.25, 0.3) is 0 Å². The van der Waals surface area contributed by atoms with Crippen molar-refractivity contribution < 1.29 is 124 Å². The van der Waals surface area contributed by atoms with Crippen molar-refractivity contribution >= 4 is 11.0 Å². The van der Waals surface area contributed by atoms with Gasteiger partial charge in [-0.25, -0.2) is 0 Å². The Bertz CT molecular complexity index is 2150. The van der Waals surface area contributed by atoms with Crippen LogP contribution in [0.3, 0.4) is 0 Å². The van der Waals surface area contributed by atoms with E-state index >= 15 is 0 Å². The Balaban J connectivity index is 1.32. The number of hydrogen-bond acceptors (Lipinski definition) is 26. The largest absolute Gasteiger partial charge is 0.508 e. The summed E-state index contributed by atoms with van der Waals surface area (Å²) in [5, 5.41) is 167. The summed E-state index contributed by atoms with van der Waals surface area (Å²) in [5.74, 6) is -4.10. The van der Waals surface area contributed by atoms with Crippen LogP contribution in [0.5, 0.6) is 28.7 Å². The minimum atomic E-state index is -2.24. The molecule has 4 fully saturated rings. The van der Waals surface area contributed by atoms with Gasteiger partial charge in [-0.2, -0.15) is 0 Å². The van der Waals surface area contributed by atoms with Gasteiger partial charge in [-0.1, -0.05) is 0 Å². The Morgan fingerprint density at radius 1 is 0.547 bits per heavy atom. The van der Waals surface area contributed by atoms with Gasteiger partial charge in [0.15, 0.2) is 18.3 Å². The lowest BCUT2D eigenvalue weighted by Crippen LogP contribution is -2.63. The third-order valence-electron chi connectivity index (χ3n) is 11.1. The van der Waals surface area contributed by atoms with Crippen LogP contribution < -0.4 is 19.6 Å². The van der Waals surface area contributed by atoms with Gasteiger partial charge >= 0.3 is 0 Å². The molecular weight excluding hydrogens is 872 g/mol. The molecule has 4 aliphatic heterocycles. The first-order valence-electron chi connectivity index (χ1n) is 19.6. The summed E-state index contributed by atoms with van der Waals surface area (Å²) in [5.41, 5.74) is -2.23. The maximum atomic E-state index is 14.5. The van der Waals surface area contributed by atoms with Gasteiger partial charge in [0.1, 0.15) is 119 Å². The molecule has 356 valence electrons. The molecule has 26 heteroatoms. The molecule has 5 heterocycles. The Morgan fingerprint density at radius 3 is 1.62 bits per heavy atom. The lowest BCUT2D eigenvalue weighted by molar-refractivity contribution is -0.388. The highest BCUT2D eigenvalue weighted by Crippen LogP contribution is 2.43.